The molecule has 2 rings (SSSR count). The first-order valence-electron chi connectivity index (χ1n) is 5.79. The molecule has 2 N–H and O–H groups in total. The summed E-state index contributed by atoms with van der Waals surface area (Å²) in [6, 6.07) is 1.42. The van der Waals surface area contributed by atoms with Gasteiger partial charge in [0.15, 0.2) is 0 Å². The van der Waals surface area contributed by atoms with E-state index in [0.717, 1.165) is 18.9 Å². The van der Waals surface area contributed by atoms with Crippen LogP contribution in [0.3, 0.4) is 0 Å². The number of pyridine rings is 1. The van der Waals surface area contributed by atoms with Gasteiger partial charge in [-0.1, -0.05) is 24.4 Å². The summed E-state index contributed by atoms with van der Waals surface area (Å²) < 4.78 is 0. The van der Waals surface area contributed by atoms with E-state index in [1.165, 1.54) is 31.5 Å². The Morgan fingerprint density at radius 3 is 2.94 bits per heavy atom. The smallest absolute Gasteiger partial charge is 0.337 e. The molecule has 0 radical (unpaired) electrons. The van der Waals surface area contributed by atoms with Gasteiger partial charge in [0, 0.05) is 12.7 Å². The third-order valence-electron chi connectivity index (χ3n) is 2.87. The summed E-state index contributed by atoms with van der Waals surface area (Å²) in [6.45, 7) is 0.829. The summed E-state index contributed by atoms with van der Waals surface area (Å²) in [7, 11) is 0. The van der Waals surface area contributed by atoms with Crippen LogP contribution < -0.4 is 5.32 Å². The highest BCUT2D eigenvalue weighted by Crippen LogP contribution is 2.33. The van der Waals surface area contributed by atoms with Gasteiger partial charge in [-0.3, -0.25) is 0 Å². The summed E-state index contributed by atoms with van der Waals surface area (Å²) in [6.07, 6.45) is 6.40. The van der Waals surface area contributed by atoms with Crippen molar-refractivity contribution in [2.24, 2.45) is 5.92 Å². The minimum atomic E-state index is -1.01. The summed E-state index contributed by atoms with van der Waals surface area (Å²) in [5.41, 5.74) is 0.110. The number of aromatic nitrogens is 1. The Hall–Kier alpha value is -1.29. The molecule has 0 atom stereocenters. The van der Waals surface area contributed by atoms with Crippen LogP contribution in [0.4, 0.5) is 5.82 Å². The molecule has 0 bridgehead atoms. The molecule has 1 aliphatic carbocycles. The second-order valence-corrected chi connectivity index (χ2v) is 4.78. The lowest BCUT2D eigenvalue weighted by atomic mass is 10.2. The molecule has 4 nitrogen and oxygen atoms in total. The standard InChI is InChI=1S/C12H15ClN2O2/c13-10-6-9(12(16)17)7-15-11(10)14-5-1-2-8-3-4-8/h6-8H,1-5H2,(H,14,15)(H,16,17). The maximum Gasteiger partial charge on any atom is 0.337 e. The molecular weight excluding hydrogens is 240 g/mol. The number of carboxylic acids is 1. The molecule has 0 saturated heterocycles. The number of anilines is 1. The summed E-state index contributed by atoms with van der Waals surface area (Å²) in [5.74, 6) is 0.474. The van der Waals surface area contributed by atoms with Crippen LogP contribution in [0.2, 0.25) is 5.02 Å². The van der Waals surface area contributed by atoms with Crippen LogP contribution in [0.1, 0.15) is 36.0 Å². The molecule has 0 aromatic carbocycles. The van der Waals surface area contributed by atoms with E-state index in [4.69, 9.17) is 16.7 Å². The Kier molecular flexibility index (Phi) is 3.84. The molecule has 92 valence electrons. The third kappa shape index (κ3) is 3.60. The first-order valence-corrected chi connectivity index (χ1v) is 6.17. The number of nitrogens with zero attached hydrogens (tertiary/aromatic N) is 1. The molecule has 0 spiro atoms. The number of nitrogens with one attached hydrogen (secondary N) is 1. The zero-order valence-electron chi connectivity index (χ0n) is 9.45. The van der Waals surface area contributed by atoms with Crippen molar-refractivity contribution in [3.63, 3.8) is 0 Å². The minimum Gasteiger partial charge on any atom is -0.478 e. The highest BCUT2D eigenvalue weighted by Gasteiger charge is 2.20. The molecule has 1 saturated carbocycles. The van der Waals surface area contributed by atoms with Gasteiger partial charge in [-0.15, -0.1) is 0 Å². The van der Waals surface area contributed by atoms with Gasteiger partial charge in [0.05, 0.1) is 10.6 Å². The van der Waals surface area contributed by atoms with E-state index < -0.39 is 5.97 Å². The van der Waals surface area contributed by atoms with Crippen LogP contribution in [0.15, 0.2) is 12.3 Å². The molecule has 1 aromatic heterocycles. The van der Waals surface area contributed by atoms with Gasteiger partial charge in [0.2, 0.25) is 0 Å². The van der Waals surface area contributed by atoms with E-state index in [0.29, 0.717) is 10.8 Å². The second-order valence-electron chi connectivity index (χ2n) is 4.37. The van der Waals surface area contributed by atoms with Gasteiger partial charge < -0.3 is 10.4 Å². The van der Waals surface area contributed by atoms with Crippen molar-refractivity contribution >= 4 is 23.4 Å². The summed E-state index contributed by atoms with van der Waals surface area (Å²) in [4.78, 5) is 14.7. The van der Waals surface area contributed by atoms with Crippen molar-refractivity contribution in [1.82, 2.24) is 4.98 Å². The van der Waals surface area contributed by atoms with Crippen LogP contribution >= 0.6 is 11.6 Å². The molecule has 17 heavy (non-hydrogen) atoms. The average Bonchev–Trinajstić information content (AvgIpc) is 3.09. The van der Waals surface area contributed by atoms with E-state index in [9.17, 15) is 4.79 Å². The molecule has 5 heteroatoms. The monoisotopic (exact) mass is 254 g/mol. The highest BCUT2D eigenvalue weighted by molar-refractivity contribution is 6.33. The molecule has 1 heterocycles. The molecule has 1 aliphatic rings. The number of carbonyl (C=O) groups is 1. The molecule has 0 amide bonds. The summed E-state index contributed by atoms with van der Waals surface area (Å²) in [5, 5.41) is 12.2. The Bertz CT molecular complexity index is 419. The third-order valence-corrected chi connectivity index (χ3v) is 3.15. The SMILES string of the molecule is O=C(O)c1cnc(NCCCC2CC2)c(Cl)c1. The minimum absolute atomic E-state index is 0.110. The van der Waals surface area contributed by atoms with Gasteiger partial charge in [-0.25, -0.2) is 9.78 Å². The Morgan fingerprint density at radius 2 is 2.35 bits per heavy atom. The largest absolute Gasteiger partial charge is 0.478 e. The molecule has 1 fully saturated rings. The number of carboxylic acid groups (broad SMARTS) is 1. The van der Waals surface area contributed by atoms with E-state index in [-0.39, 0.29) is 5.56 Å². The van der Waals surface area contributed by atoms with Crippen LogP contribution in [0.5, 0.6) is 0 Å². The lowest BCUT2D eigenvalue weighted by molar-refractivity contribution is 0.0696. The fraction of sp³-hybridized carbons (Fsp3) is 0.500. The zero-order chi connectivity index (χ0) is 12.3. The predicted molar refractivity (Wildman–Crippen MR) is 66.7 cm³/mol. The maximum atomic E-state index is 10.7. The number of hydrogen-bond donors (Lipinski definition) is 2. The molecule has 0 aliphatic heterocycles. The van der Waals surface area contributed by atoms with Crippen molar-refractivity contribution in [2.75, 3.05) is 11.9 Å². The summed E-state index contributed by atoms with van der Waals surface area (Å²) >= 11 is 5.94. The van der Waals surface area contributed by atoms with Gasteiger partial charge >= 0.3 is 5.97 Å². The van der Waals surface area contributed by atoms with E-state index in [2.05, 4.69) is 10.3 Å². The van der Waals surface area contributed by atoms with E-state index in [1.54, 1.807) is 0 Å². The van der Waals surface area contributed by atoms with Crippen LogP contribution in [0, 0.1) is 5.92 Å². The predicted octanol–water partition coefficient (Wildman–Crippen LogP) is 3.04. The quantitative estimate of drug-likeness (QED) is 0.766. The number of halogens is 1. The second kappa shape index (κ2) is 5.36. The van der Waals surface area contributed by atoms with Crippen molar-refractivity contribution in [1.29, 1.82) is 0 Å². The van der Waals surface area contributed by atoms with Crippen molar-refractivity contribution < 1.29 is 9.90 Å². The van der Waals surface area contributed by atoms with Crippen LogP contribution in [-0.2, 0) is 0 Å². The lowest BCUT2D eigenvalue weighted by Gasteiger charge is -2.07. The Morgan fingerprint density at radius 1 is 1.59 bits per heavy atom. The highest BCUT2D eigenvalue weighted by atomic mass is 35.5. The van der Waals surface area contributed by atoms with Crippen molar-refractivity contribution in [3.8, 4) is 0 Å². The molecule has 0 unspecified atom stereocenters. The Labute approximate surface area is 105 Å². The van der Waals surface area contributed by atoms with Crippen molar-refractivity contribution in [3.05, 3.63) is 22.8 Å². The van der Waals surface area contributed by atoms with Crippen LogP contribution in [0.25, 0.3) is 0 Å². The normalized spacial score (nSPS) is 14.6. The van der Waals surface area contributed by atoms with Crippen molar-refractivity contribution in [2.45, 2.75) is 25.7 Å². The number of aromatic carboxylic acids is 1. The lowest BCUT2D eigenvalue weighted by Crippen LogP contribution is -2.06. The van der Waals surface area contributed by atoms with Gasteiger partial charge in [-0.2, -0.15) is 0 Å². The first kappa shape index (κ1) is 12.2. The molecular formula is C12H15ClN2O2. The van der Waals surface area contributed by atoms with Crippen LogP contribution in [-0.4, -0.2) is 22.6 Å². The molecule has 1 aromatic rings. The van der Waals surface area contributed by atoms with E-state index >= 15 is 0 Å². The van der Waals surface area contributed by atoms with E-state index in [1.807, 2.05) is 0 Å². The van der Waals surface area contributed by atoms with Gasteiger partial charge in [0.1, 0.15) is 5.82 Å². The average molecular weight is 255 g/mol. The number of hydrogen-bond acceptors (Lipinski definition) is 3. The van der Waals surface area contributed by atoms with Gasteiger partial charge in [0.25, 0.3) is 0 Å². The fourth-order valence-corrected chi connectivity index (χ4v) is 1.92. The first-order chi connectivity index (χ1) is 8.16. The van der Waals surface area contributed by atoms with Gasteiger partial charge in [-0.05, 0) is 24.8 Å². The maximum absolute atomic E-state index is 10.7. The Balaban J connectivity index is 1.84. The topological polar surface area (TPSA) is 62.2 Å². The zero-order valence-corrected chi connectivity index (χ0v) is 10.2. The fourth-order valence-electron chi connectivity index (χ4n) is 1.69. The number of rotatable bonds is 6.